The Kier molecular flexibility index (Phi) is 4.51. The molecule has 0 bridgehead atoms. The van der Waals surface area contributed by atoms with Crippen LogP contribution in [-0.2, 0) is 20.8 Å². The van der Waals surface area contributed by atoms with Gasteiger partial charge >= 0.3 is 5.97 Å². The molecule has 0 aromatic carbocycles. The van der Waals surface area contributed by atoms with Crippen molar-refractivity contribution in [2.45, 2.75) is 68.7 Å². The van der Waals surface area contributed by atoms with Crippen molar-refractivity contribution in [3.05, 3.63) is 11.7 Å². The standard InChI is InChI=1S/C17H25N3O5/c1-23-17-5-4-12(24-10-15(21)22)8-13(17)20(7-6-17)9-14-18-16(19-25-14)11-2-3-11/h11-13H,2-10H2,1H3,(H,21,22)/t12-,13-,17+/m1/s1. The first kappa shape index (κ1) is 16.9. The van der Waals surface area contributed by atoms with E-state index in [0.717, 1.165) is 50.9 Å². The van der Waals surface area contributed by atoms with Crippen LogP contribution in [0, 0.1) is 0 Å². The van der Waals surface area contributed by atoms with Crippen LogP contribution < -0.4 is 0 Å². The Morgan fingerprint density at radius 3 is 2.96 bits per heavy atom. The van der Waals surface area contributed by atoms with Crippen LogP contribution in [0.1, 0.15) is 56.2 Å². The molecule has 0 amide bonds. The third kappa shape index (κ3) is 3.43. The number of ether oxygens (including phenoxy) is 2. The van der Waals surface area contributed by atoms with E-state index < -0.39 is 5.97 Å². The molecule has 0 unspecified atom stereocenters. The number of aliphatic carboxylic acids is 1. The average Bonchev–Trinajstić information content (AvgIpc) is 3.26. The summed E-state index contributed by atoms with van der Waals surface area (Å²) in [7, 11) is 1.77. The van der Waals surface area contributed by atoms with Crippen molar-refractivity contribution in [1.82, 2.24) is 15.0 Å². The summed E-state index contributed by atoms with van der Waals surface area (Å²) in [6.07, 6.45) is 5.70. The highest BCUT2D eigenvalue weighted by Gasteiger charge is 2.51. The Bertz CT molecular complexity index is 632. The fraction of sp³-hybridized carbons (Fsp3) is 0.824. The van der Waals surface area contributed by atoms with Crippen LogP contribution in [0.5, 0.6) is 0 Å². The average molecular weight is 351 g/mol. The number of carboxylic acid groups (broad SMARTS) is 1. The number of fused-ring (bicyclic) bond motifs is 1. The zero-order valence-corrected chi connectivity index (χ0v) is 14.5. The van der Waals surface area contributed by atoms with Crippen molar-refractivity contribution < 1.29 is 23.9 Å². The number of methoxy groups -OCH3 is 1. The summed E-state index contributed by atoms with van der Waals surface area (Å²) in [5, 5.41) is 12.9. The molecule has 8 heteroatoms. The van der Waals surface area contributed by atoms with Crippen LogP contribution in [0.4, 0.5) is 0 Å². The van der Waals surface area contributed by atoms with Crippen molar-refractivity contribution in [2.75, 3.05) is 20.3 Å². The van der Waals surface area contributed by atoms with E-state index in [1.807, 2.05) is 0 Å². The van der Waals surface area contributed by atoms with E-state index in [1.54, 1.807) is 7.11 Å². The lowest BCUT2D eigenvalue weighted by Crippen LogP contribution is -2.51. The number of nitrogens with zero attached hydrogens (tertiary/aromatic N) is 3. The van der Waals surface area contributed by atoms with E-state index in [4.69, 9.17) is 19.1 Å². The molecule has 8 nitrogen and oxygen atoms in total. The van der Waals surface area contributed by atoms with Crippen LogP contribution in [0.2, 0.25) is 0 Å². The second-order valence-corrected chi connectivity index (χ2v) is 7.43. The fourth-order valence-electron chi connectivity index (χ4n) is 4.30. The molecule has 2 saturated carbocycles. The predicted molar refractivity (Wildman–Crippen MR) is 86.1 cm³/mol. The summed E-state index contributed by atoms with van der Waals surface area (Å²) < 4.78 is 16.9. The second kappa shape index (κ2) is 6.66. The quantitative estimate of drug-likeness (QED) is 0.790. The van der Waals surface area contributed by atoms with Crippen LogP contribution in [0.15, 0.2) is 4.52 Å². The Balaban J connectivity index is 1.43. The van der Waals surface area contributed by atoms with Gasteiger partial charge in [-0.25, -0.2) is 4.79 Å². The smallest absolute Gasteiger partial charge is 0.329 e. The molecule has 138 valence electrons. The molecule has 0 radical (unpaired) electrons. The molecule has 2 aliphatic carbocycles. The van der Waals surface area contributed by atoms with Gasteiger partial charge in [0.2, 0.25) is 5.89 Å². The molecular formula is C17H25N3O5. The number of carboxylic acids is 1. The number of rotatable bonds is 7. The maximum atomic E-state index is 10.8. The largest absolute Gasteiger partial charge is 0.480 e. The van der Waals surface area contributed by atoms with Gasteiger partial charge in [-0.15, -0.1) is 0 Å². The molecule has 25 heavy (non-hydrogen) atoms. The summed E-state index contributed by atoms with van der Waals surface area (Å²) in [6.45, 7) is 1.28. The van der Waals surface area contributed by atoms with Crippen molar-refractivity contribution in [2.24, 2.45) is 0 Å². The third-order valence-corrected chi connectivity index (χ3v) is 5.86. The SMILES string of the molecule is CO[C@]12CC[C@@H](OCC(=O)O)C[C@H]1N(Cc1nc(C3CC3)no1)CC2. The molecule has 3 atom stereocenters. The molecule has 2 heterocycles. The summed E-state index contributed by atoms with van der Waals surface area (Å²) >= 11 is 0. The number of aromatic nitrogens is 2. The Morgan fingerprint density at radius 1 is 1.40 bits per heavy atom. The monoisotopic (exact) mass is 351 g/mol. The van der Waals surface area contributed by atoms with Crippen molar-refractivity contribution in [1.29, 1.82) is 0 Å². The topological polar surface area (TPSA) is 97.9 Å². The van der Waals surface area contributed by atoms with Crippen LogP contribution >= 0.6 is 0 Å². The highest BCUT2D eigenvalue weighted by Crippen LogP contribution is 2.44. The maximum Gasteiger partial charge on any atom is 0.329 e. The Hall–Kier alpha value is -1.51. The van der Waals surface area contributed by atoms with Gasteiger partial charge in [-0.05, 0) is 38.5 Å². The number of likely N-dealkylation sites (tertiary alicyclic amines) is 1. The maximum absolute atomic E-state index is 10.8. The Morgan fingerprint density at radius 2 is 2.24 bits per heavy atom. The van der Waals surface area contributed by atoms with E-state index in [0.29, 0.717) is 18.4 Å². The van der Waals surface area contributed by atoms with Gasteiger partial charge < -0.3 is 19.1 Å². The highest BCUT2D eigenvalue weighted by atomic mass is 16.5. The van der Waals surface area contributed by atoms with Gasteiger partial charge in [-0.2, -0.15) is 4.98 Å². The molecule has 1 aromatic rings. The molecule has 1 aromatic heterocycles. The number of hydrogen-bond acceptors (Lipinski definition) is 7. The van der Waals surface area contributed by atoms with E-state index in [1.165, 1.54) is 0 Å². The first-order valence-corrected chi connectivity index (χ1v) is 9.05. The summed E-state index contributed by atoms with van der Waals surface area (Å²) in [5.74, 6) is 1.05. The van der Waals surface area contributed by atoms with E-state index in [-0.39, 0.29) is 24.4 Å². The van der Waals surface area contributed by atoms with Gasteiger partial charge in [0.15, 0.2) is 5.82 Å². The third-order valence-electron chi connectivity index (χ3n) is 5.86. The summed E-state index contributed by atoms with van der Waals surface area (Å²) in [5.41, 5.74) is -0.178. The van der Waals surface area contributed by atoms with Crippen LogP contribution in [0.25, 0.3) is 0 Å². The lowest BCUT2D eigenvalue weighted by molar-refractivity contribution is -0.148. The zero-order chi connectivity index (χ0) is 17.4. The number of hydrogen-bond donors (Lipinski definition) is 1. The van der Waals surface area contributed by atoms with Crippen molar-refractivity contribution in [3.8, 4) is 0 Å². The second-order valence-electron chi connectivity index (χ2n) is 7.43. The molecule has 3 aliphatic rings. The molecule has 4 rings (SSSR count). The van der Waals surface area contributed by atoms with Gasteiger partial charge in [0.1, 0.15) is 6.61 Å². The fourth-order valence-corrected chi connectivity index (χ4v) is 4.30. The van der Waals surface area contributed by atoms with Crippen LogP contribution in [-0.4, -0.2) is 64.1 Å². The molecule has 1 N–H and O–H groups in total. The summed E-state index contributed by atoms with van der Waals surface area (Å²) in [6, 6.07) is 0.182. The van der Waals surface area contributed by atoms with Gasteiger partial charge in [-0.3, -0.25) is 4.90 Å². The van der Waals surface area contributed by atoms with Crippen molar-refractivity contribution >= 4 is 5.97 Å². The van der Waals surface area contributed by atoms with Gasteiger partial charge in [-0.1, -0.05) is 5.16 Å². The minimum absolute atomic E-state index is 0.0466. The predicted octanol–water partition coefficient (Wildman–Crippen LogP) is 1.56. The Labute approximate surface area is 146 Å². The van der Waals surface area contributed by atoms with E-state index in [9.17, 15) is 4.79 Å². The summed E-state index contributed by atoms with van der Waals surface area (Å²) in [4.78, 5) is 17.6. The first-order chi connectivity index (χ1) is 12.1. The molecule has 3 fully saturated rings. The van der Waals surface area contributed by atoms with Crippen molar-refractivity contribution in [3.63, 3.8) is 0 Å². The molecular weight excluding hydrogens is 326 g/mol. The molecule has 1 saturated heterocycles. The minimum Gasteiger partial charge on any atom is -0.480 e. The van der Waals surface area contributed by atoms with E-state index in [2.05, 4.69) is 15.0 Å². The van der Waals surface area contributed by atoms with Gasteiger partial charge in [0.25, 0.3) is 0 Å². The highest BCUT2D eigenvalue weighted by molar-refractivity contribution is 5.68. The lowest BCUT2D eigenvalue weighted by Gasteiger charge is -2.43. The minimum atomic E-state index is -0.926. The molecule has 0 spiro atoms. The first-order valence-electron chi connectivity index (χ1n) is 9.05. The lowest BCUT2D eigenvalue weighted by atomic mass is 9.79. The van der Waals surface area contributed by atoms with Crippen LogP contribution in [0.3, 0.4) is 0 Å². The van der Waals surface area contributed by atoms with Gasteiger partial charge in [0, 0.05) is 25.6 Å². The number of carbonyl (C=O) groups is 1. The normalized spacial score (nSPS) is 32.7. The zero-order valence-electron chi connectivity index (χ0n) is 14.5. The molecule has 1 aliphatic heterocycles. The van der Waals surface area contributed by atoms with E-state index >= 15 is 0 Å². The van der Waals surface area contributed by atoms with Gasteiger partial charge in [0.05, 0.1) is 18.2 Å².